The Morgan fingerprint density at radius 1 is 1.69 bits per heavy atom. The summed E-state index contributed by atoms with van der Waals surface area (Å²) >= 11 is 1.72. The van der Waals surface area contributed by atoms with Crippen molar-refractivity contribution >= 4 is 17.4 Å². The van der Waals surface area contributed by atoms with Crippen LogP contribution in [0.1, 0.15) is 17.8 Å². The fourth-order valence-electron chi connectivity index (χ4n) is 1.21. The normalized spacial score (nSPS) is 21.2. The molecule has 3 nitrogen and oxygen atoms in total. The fourth-order valence-corrected chi connectivity index (χ4v) is 1.93. The number of hydrogen-bond acceptors (Lipinski definition) is 3. The molecular weight excluding hydrogens is 184 g/mol. The molecule has 2 rings (SSSR count). The van der Waals surface area contributed by atoms with Crippen LogP contribution in [0.3, 0.4) is 0 Å². The maximum Gasteiger partial charge on any atom is 0.285 e. The molecule has 1 aromatic heterocycles. The number of amidine groups is 1. The maximum atomic E-state index is 5.27. The molecule has 1 aliphatic heterocycles. The summed E-state index contributed by atoms with van der Waals surface area (Å²) in [5.41, 5.74) is 0. The van der Waals surface area contributed by atoms with Gasteiger partial charge in [-0.1, -0.05) is 6.07 Å². The van der Waals surface area contributed by atoms with Crippen molar-refractivity contribution in [3.63, 3.8) is 0 Å². The van der Waals surface area contributed by atoms with Gasteiger partial charge in [-0.3, -0.25) is 0 Å². The lowest BCUT2D eigenvalue weighted by molar-refractivity contribution is 0.349. The summed E-state index contributed by atoms with van der Waals surface area (Å²) in [4.78, 5) is 5.68. The first-order valence-corrected chi connectivity index (χ1v) is 5.22. The molecule has 1 N–H and O–H groups in total. The van der Waals surface area contributed by atoms with Gasteiger partial charge >= 0.3 is 0 Å². The predicted octanol–water partition coefficient (Wildman–Crippen LogP) is 1.78. The zero-order valence-corrected chi connectivity index (χ0v) is 8.30. The molecule has 0 aliphatic carbocycles. The van der Waals surface area contributed by atoms with Crippen LogP contribution in [-0.2, 0) is 4.74 Å². The van der Waals surface area contributed by atoms with Crippen LogP contribution < -0.4 is 5.32 Å². The van der Waals surface area contributed by atoms with Crippen molar-refractivity contribution in [3.8, 4) is 0 Å². The second kappa shape index (κ2) is 3.79. The van der Waals surface area contributed by atoms with Gasteiger partial charge in [-0.25, -0.2) is 4.99 Å². The number of nitrogens with one attached hydrogen (secondary N) is 1. The fraction of sp³-hybridized carbons (Fsp3) is 0.444. The summed E-state index contributed by atoms with van der Waals surface area (Å²) in [5, 5.41) is 5.15. The lowest BCUT2D eigenvalue weighted by Crippen LogP contribution is -2.16. The number of ether oxygens (including phenoxy) is 1. The third-order valence-electron chi connectivity index (χ3n) is 1.88. The van der Waals surface area contributed by atoms with Crippen LogP contribution >= 0.6 is 11.3 Å². The Kier molecular flexibility index (Phi) is 2.49. The van der Waals surface area contributed by atoms with E-state index < -0.39 is 0 Å². The molecule has 2 heterocycles. The summed E-state index contributed by atoms with van der Waals surface area (Å²) in [5.74, 6) is 0. The molecule has 1 saturated heterocycles. The van der Waals surface area contributed by atoms with E-state index in [1.54, 1.807) is 11.3 Å². The summed E-state index contributed by atoms with van der Waals surface area (Å²) in [6.07, 6.45) is 0. The molecule has 0 aromatic carbocycles. The molecule has 0 radical (unpaired) electrons. The Balaban J connectivity index is 2.05. The molecule has 0 saturated carbocycles. The molecule has 13 heavy (non-hydrogen) atoms. The van der Waals surface area contributed by atoms with Gasteiger partial charge in [0.2, 0.25) is 0 Å². The quantitative estimate of drug-likeness (QED) is 0.782. The van der Waals surface area contributed by atoms with Crippen molar-refractivity contribution in [3.05, 3.63) is 22.4 Å². The molecule has 1 aromatic rings. The van der Waals surface area contributed by atoms with Gasteiger partial charge in [-0.2, -0.15) is 0 Å². The van der Waals surface area contributed by atoms with Crippen molar-refractivity contribution in [2.24, 2.45) is 4.99 Å². The average Bonchev–Trinajstić information content (AvgIpc) is 2.74. The Morgan fingerprint density at radius 2 is 2.62 bits per heavy atom. The van der Waals surface area contributed by atoms with E-state index in [-0.39, 0.29) is 6.04 Å². The standard InChI is InChI=1S/C9H12N2OS/c1-7(8-3-2-6-13-8)11-9-10-4-5-12-9/h2-3,6-7H,4-5H2,1H3,(H,10,11). The number of aliphatic imine (C=N–C) groups is 1. The first-order chi connectivity index (χ1) is 6.36. The zero-order valence-electron chi connectivity index (χ0n) is 7.49. The van der Waals surface area contributed by atoms with Gasteiger partial charge in [0.25, 0.3) is 6.02 Å². The van der Waals surface area contributed by atoms with Gasteiger partial charge < -0.3 is 10.1 Å². The SMILES string of the molecule is CC(N=C1NCCO1)c1cccs1. The third kappa shape index (κ3) is 2.01. The van der Waals surface area contributed by atoms with Crippen LogP contribution in [0.5, 0.6) is 0 Å². The number of hydrogen-bond donors (Lipinski definition) is 1. The zero-order chi connectivity index (χ0) is 9.10. The Hall–Kier alpha value is -1.03. The van der Waals surface area contributed by atoms with Crippen molar-refractivity contribution in [1.29, 1.82) is 0 Å². The van der Waals surface area contributed by atoms with Crippen LogP contribution in [0, 0.1) is 0 Å². The van der Waals surface area contributed by atoms with Crippen LogP contribution in [0.25, 0.3) is 0 Å². The lowest BCUT2D eigenvalue weighted by Gasteiger charge is -2.04. The van der Waals surface area contributed by atoms with Crippen molar-refractivity contribution in [2.75, 3.05) is 13.2 Å². The molecule has 1 fully saturated rings. The molecule has 0 bridgehead atoms. The minimum absolute atomic E-state index is 0.195. The van der Waals surface area contributed by atoms with Crippen molar-refractivity contribution in [1.82, 2.24) is 5.32 Å². The second-order valence-corrected chi connectivity index (χ2v) is 3.88. The van der Waals surface area contributed by atoms with E-state index in [0.29, 0.717) is 6.02 Å². The van der Waals surface area contributed by atoms with Gasteiger partial charge in [0.15, 0.2) is 0 Å². The van der Waals surface area contributed by atoms with Crippen LogP contribution in [0.4, 0.5) is 0 Å². The molecule has 1 atom stereocenters. The Morgan fingerprint density at radius 3 is 3.23 bits per heavy atom. The first-order valence-electron chi connectivity index (χ1n) is 4.34. The van der Waals surface area contributed by atoms with E-state index >= 15 is 0 Å². The molecule has 1 aliphatic rings. The van der Waals surface area contributed by atoms with E-state index in [4.69, 9.17) is 4.74 Å². The molecule has 4 heteroatoms. The third-order valence-corrected chi connectivity index (χ3v) is 2.93. The van der Waals surface area contributed by atoms with Crippen LogP contribution in [0.2, 0.25) is 0 Å². The van der Waals surface area contributed by atoms with E-state index in [0.717, 1.165) is 13.2 Å². The summed E-state index contributed by atoms with van der Waals surface area (Å²) in [6, 6.07) is 5.01. The highest BCUT2D eigenvalue weighted by Gasteiger charge is 2.11. The van der Waals surface area contributed by atoms with Gasteiger partial charge in [-0.05, 0) is 18.4 Å². The van der Waals surface area contributed by atoms with Gasteiger partial charge in [0.1, 0.15) is 6.61 Å². The highest BCUT2D eigenvalue weighted by Crippen LogP contribution is 2.21. The summed E-state index contributed by atoms with van der Waals surface area (Å²) in [6.45, 7) is 3.67. The maximum absolute atomic E-state index is 5.27. The van der Waals surface area contributed by atoms with E-state index in [9.17, 15) is 0 Å². The van der Waals surface area contributed by atoms with E-state index in [1.807, 2.05) is 6.07 Å². The number of nitrogens with zero attached hydrogens (tertiary/aromatic N) is 1. The summed E-state index contributed by atoms with van der Waals surface area (Å²) in [7, 11) is 0. The lowest BCUT2D eigenvalue weighted by atomic mass is 10.3. The molecule has 70 valence electrons. The monoisotopic (exact) mass is 196 g/mol. The number of rotatable bonds is 2. The van der Waals surface area contributed by atoms with Gasteiger partial charge in [0.05, 0.1) is 12.6 Å². The van der Waals surface area contributed by atoms with Gasteiger partial charge in [0, 0.05) is 4.88 Å². The highest BCUT2D eigenvalue weighted by atomic mass is 32.1. The smallest absolute Gasteiger partial charge is 0.285 e. The topological polar surface area (TPSA) is 33.6 Å². The van der Waals surface area contributed by atoms with Gasteiger partial charge in [-0.15, -0.1) is 11.3 Å². The summed E-state index contributed by atoms with van der Waals surface area (Å²) < 4.78 is 5.27. The first kappa shape index (κ1) is 8.56. The minimum atomic E-state index is 0.195. The Labute approximate surface area is 81.4 Å². The van der Waals surface area contributed by atoms with Crippen LogP contribution in [-0.4, -0.2) is 19.2 Å². The predicted molar refractivity (Wildman–Crippen MR) is 54.1 cm³/mol. The highest BCUT2D eigenvalue weighted by molar-refractivity contribution is 7.10. The molecule has 0 spiro atoms. The van der Waals surface area contributed by atoms with Crippen molar-refractivity contribution in [2.45, 2.75) is 13.0 Å². The van der Waals surface area contributed by atoms with E-state index in [2.05, 4.69) is 28.7 Å². The van der Waals surface area contributed by atoms with Crippen molar-refractivity contribution < 1.29 is 4.74 Å². The number of thiophene rings is 1. The molecule has 1 unspecified atom stereocenters. The molecular formula is C9H12N2OS. The second-order valence-electron chi connectivity index (χ2n) is 2.90. The van der Waals surface area contributed by atoms with Crippen LogP contribution in [0.15, 0.2) is 22.5 Å². The largest absolute Gasteiger partial charge is 0.463 e. The Bertz CT molecular complexity index is 287. The van der Waals surface area contributed by atoms with E-state index in [1.165, 1.54) is 4.88 Å². The molecule has 0 amide bonds. The average molecular weight is 196 g/mol. The minimum Gasteiger partial charge on any atom is -0.463 e.